The van der Waals surface area contributed by atoms with Crippen LogP contribution in [0.5, 0.6) is 0 Å². The van der Waals surface area contributed by atoms with Crippen LogP contribution in [0.2, 0.25) is 0 Å². The van der Waals surface area contributed by atoms with Crippen LogP contribution in [0.1, 0.15) is 348 Å². The molecule has 0 saturated carbocycles. The van der Waals surface area contributed by atoms with Gasteiger partial charge in [0.1, 0.15) is 19.3 Å². The number of hydrogen-bond acceptors (Lipinski definition) is 6. The Morgan fingerprint density at radius 3 is 1.11 bits per heavy atom. The first-order valence-electron chi connectivity index (χ1n) is 36.1. The summed E-state index contributed by atoms with van der Waals surface area (Å²) >= 11 is 0. The lowest BCUT2D eigenvalue weighted by molar-refractivity contribution is -0.870. The molecule has 0 rings (SSSR count). The SMILES string of the molecule is CCCCC/C=C\C/C=C\C/C=C\C/C=C\CCCCCCCCCCCCCC(=O)OC(/C=C/CCCCCCCCCCCC)C(COP(=O)(O)OCC[N+](C)(C)C)NC(=O)CCCCCCCCCCCCCCCCCCCCC. The van der Waals surface area contributed by atoms with E-state index in [1.165, 1.54) is 238 Å². The smallest absolute Gasteiger partial charge is 0.456 e. The molecule has 0 aromatic heterocycles. The second-order valence-electron chi connectivity index (χ2n) is 25.8. The van der Waals surface area contributed by atoms with E-state index in [4.69, 9.17) is 13.8 Å². The zero-order chi connectivity index (χ0) is 61.4. The summed E-state index contributed by atoms with van der Waals surface area (Å²) in [6, 6.07) is -0.849. The maximum atomic E-state index is 13.6. The molecule has 0 aromatic rings. The van der Waals surface area contributed by atoms with Gasteiger partial charge >= 0.3 is 13.8 Å². The number of carbonyl (C=O) groups is 2. The van der Waals surface area contributed by atoms with Gasteiger partial charge in [0.05, 0.1) is 33.8 Å². The summed E-state index contributed by atoms with van der Waals surface area (Å²) in [5.41, 5.74) is 0. The monoisotopic (exact) mass is 1200 g/mol. The van der Waals surface area contributed by atoms with Crippen molar-refractivity contribution in [2.75, 3.05) is 40.9 Å². The molecule has 9 nitrogen and oxygen atoms in total. The molecule has 0 spiro atoms. The van der Waals surface area contributed by atoms with E-state index in [2.05, 4.69) is 74.7 Å². The quantitative estimate of drug-likeness (QED) is 0.0205. The predicted molar refractivity (Wildman–Crippen MR) is 365 cm³/mol. The summed E-state index contributed by atoms with van der Waals surface area (Å²) in [4.78, 5) is 37.9. The molecular weight excluding hydrogens is 1060 g/mol. The number of allylic oxidation sites excluding steroid dienone is 9. The Labute approximate surface area is 521 Å². The number of hydrogen-bond donors (Lipinski definition) is 2. The largest absolute Gasteiger partial charge is 0.472 e. The highest BCUT2D eigenvalue weighted by Gasteiger charge is 2.30. The number of phosphoric acid groups is 1. The molecule has 84 heavy (non-hydrogen) atoms. The average Bonchev–Trinajstić information content (AvgIpc) is 3.65. The molecule has 1 amide bonds. The second kappa shape index (κ2) is 63.7. The van der Waals surface area contributed by atoms with Gasteiger partial charge in [0.15, 0.2) is 0 Å². The van der Waals surface area contributed by atoms with E-state index in [0.29, 0.717) is 17.4 Å². The Bertz CT molecular complexity index is 1620. The Kier molecular flexibility index (Phi) is 62.0. The summed E-state index contributed by atoms with van der Waals surface area (Å²) in [6.07, 6.45) is 82.3. The number of amides is 1. The van der Waals surface area contributed by atoms with E-state index in [0.717, 1.165) is 77.0 Å². The Balaban J connectivity index is 5.03. The number of esters is 1. The third kappa shape index (κ3) is 64.2. The van der Waals surface area contributed by atoms with E-state index in [-0.39, 0.29) is 31.5 Å². The zero-order valence-corrected chi connectivity index (χ0v) is 57.3. The highest BCUT2D eigenvalue weighted by Crippen LogP contribution is 2.43. The lowest BCUT2D eigenvalue weighted by Gasteiger charge is -2.27. The first kappa shape index (κ1) is 81.7. The molecule has 0 aliphatic rings. The summed E-state index contributed by atoms with van der Waals surface area (Å²) in [7, 11) is 1.51. The normalized spacial score (nSPS) is 13.8. The highest BCUT2D eigenvalue weighted by molar-refractivity contribution is 7.47. The van der Waals surface area contributed by atoms with Crippen LogP contribution in [-0.4, -0.2) is 74.3 Å². The van der Waals surface area contributed by atoms with Crippen molar-refractivity contribution in [3.05, 3.63) is 60.8 Å². The molecule has 0 aromatic carbocycles. The molecule has 3 unspecified atom stereocenters. The Morgan fingerprint density at radius 1 is 0.417 bits per heavy atom. The van der Waals surface area contributed by atoms with Crippen LogP contribution in [-0.2, 0) is 27.9 Å². The number of rotatable bonds is 66. The van der Waals surface area contributed by atoms with Gasteiger partial charge in [-0.1, -0.05) is 319 Å². The summed E-state index contributed by atoms with van der Waals surface area (Å²) in [5.74, 6) is -0.493. The molecule has 0 aliphatic heterocycles. The summed E-state index contributed by atoms with van der Waals surface area (Å²) in [5, 5.41) is 3.07. The van der Waals surface area contributed by atoms with Crippen LogP contribution < -0.4 is 5.32 Å². The summed E-state index contributed by atoms with van der Waals surface area (Å²) in [6.45, 7) is 7.03. The van der Waals surface area contributed by atoms with Gasteiger partial charge in [-0.2, -0.15) is 0 Å². The van der Waals surface area contributed by atoms with Crippen molar-refractivity contribution in [3.8, 4) is 0 Å². The van der Waals surface area contributed by atoms with Crippen molar-refractivity contribution in [3.63, 3.8) is 0 Å². The van der Waals surface area contributed by atoms with Crippen LogP contribution in [0, 0.1) is 0 Å². The molecule has 0 bridgehead atoms. The standard InChI is InChI=1S/C74H139N2O7P/c1-7-10-13-16-19-22-25-28-30-32-34-35-36-37-38-39-40-41-43-45-47-49-52-55-58-61-64-67-74(78)83-72(65-62-59-56-53-50-27-24-21-18-15-12-9-3)71(70-82-84(79,80)81-69-68-76(4,5)6)75-73(77)66-63-60-57-54-51-48-46-44-42-33-31-29-26-23-20-17-14-11-8-2/h19,22,28,30,34-35,37-38,62,65,71-72H,7-18,20-21,23-27,29,31-33,36,39-61,63-64,66-70H2,1-6H3,(H-,75,77,79,80)/p+1/b22-19-,30-28-,35-34-,38-37-,65-62+. The van der Waals surface area contributed by atoms with Crippen molar-refractivity contribution in [1.29, 1.82) is 0 Å². The van der Waals surface area contributed by atoms with E-state index >= 15 is 0 Å². The number of unbranched alkanes of at least 4 members (excludes halogenated alkanes) is 42. The van der Waals surface area contributed by atoms with E-state index in [1.54, 1.807) is 0 Å². The van der Waals surface area contributed by atoms with Crippen LogP contribution in [0.25, 0.3) is 0 Å². The van der Waals surface area contributed by atoms with Gasteiger partial charge in [0, 0.05) is 12.8 Å². The number of nitrogens with zero attached hydrogens (tertiary/aromatic N) is 1. The van der Waals surface area contributed by atoms with Crippen LogP contribution >= 0.6 is 7.82 Å². The van der Waals surface area contributed by atoms with Crippen molar-refractivity contribution in [2.45, 2.75) is 360 Å². The molecule has 0 heterocycles. The van der Waals surface area contributed by atoms with Gasteiger partial charge in [-0.05, 0) is 76.7 Å². The number of ether oxygens (including phenoxy) is 1. The van der Waals surface area contributed by atoms with Gasteiger partial charge in [-0.25, -0.2) is 4.57 Å². The maximum absolute atomic E-state index is 13.6. The molecule has 0 aliphatic carbocycles. The second-order valence-corrected chi connectivity index (χ2v) is 27.2. The Morgan fingerprint density at radius 2 is 0.726 bits per heavy atom. The van der Waals surface area contributed by atoms with Gasteiger partial charge in [-0.3, -0.25) is 18.6 Å². The first-order valence-corrected chi connectivity index (χ1v) is 37.6. The van der Waals surface area contributed by atoms with Gasteiger partial charge in [-0.15, -0.1) is 0 Å². The van der Waals surface area contributed by atoms with Crippen LogP contribution in [0.3, 0.4) is 0 Å². The third-order valence-corrected chi connectivity index (χ3v) is 17.2. The molecule has 492 valence electrons. The number of likely N-dealkylation sites (N-methyl/N-ethyl adjacent to an activating group) is 1. The fraction of sp³-hybridized carbons (Fsp3) is 0.838. The minimum Gasteiger partial charge on any atom is -0.456 e. The molecular formula is C74H140N2O7P+. The fourth-order valence-electron chi connectivity index (χ4n) is 10.6. The fourth-order valence-corrected chi connectivity index (χ4v) is 11.4. The van der Waals surface area contributed by atoms with Gasteiger partial charge in [0.2, 0.25) is 5.91 Å². The first-order chi connectivity index (χ1) is 40.9. The minimum absolute atomic E-state index is 0.0408. The number of nitrogens with one attached hydrogen (secondary N) is 1. The topological polar surface area (TPSA) is 111 Å². The van der Waals surface area contributed by atoms with Gasteiger partial charge in [0.25, 0.3) is 0 Å². The van der Waals surface area contributed by atoms with Crippen LogP contribution in [0.4, 0.5) is 0 Å². The molecule has 0 radical (unpaired) electrons. The molecule has 3 atom stereocenters. The van der Waals surface area contributed by atoms with Crippen molar-refractivity contribution >= 4 is 19.7 Å². The number of phosphoric ester groups is 1. The van der Waals surface area contributed by atoms with Crippen molar-refractivity contribution < 1.29 is 37.3 Å². The molecule has 0 saturated heterocycles. The lowest BCUT2D eigenvalue weighted by Crippen LogP contribution is -2.47. The molecule has 0 fully saturated rings. The number of quaternary nitrogens is 1. The molecule has 2 N–H and O–H groups in total. The maximum Gasteiger partial charge on any atom is 0.472 e. The predicted octanol–water partition coefficient (Wildman–Crippen LogP) is 23.0. The van der Waals surface area contributed by atoms with Gasteiger partial charge < -0.3 is 19.4 Å². The summed E-state index contributed by atoms with van der Waals surface area (Å²) < 4.78 is 30.8. The number of carbonyl (C=O) groups excluding carboxylic acids is 2. The zero-order valence-electron chi connectivity index (χ0n) is 56.4. The Hall–Kier alpha value is -2.29. The lowest BCUT2D eigenvalue weighted by atomic mass is 10.0. The molecule has 10 heteroatoms. The van der Waals surface area contributed by atoms with Crippen molar-refractivity contribution in [2.24, 2.45) is 0 Å². The van der Waals surface area contributed by atoms with Crippen LogP contribution in [0.15, 0.2) is 60.8 Å². The average molecular weight is 1200 g/mol. The van der Waals surface area contributed by atoms with E-state index in [1.807, 2.05) is 33.3 Å². The van der Waals surface area contributed by atoms with E-state index < -0.39 is 20.0 Å². The van der Waals surface area contributed by atoms with E-state index in [9.17, 15) is 19.0 Å². The van der Waals surface area contributed by atoms with Crippen molar-refractivity contribution in [1.82, 2.24) is 5.32 Å². The highest BCUT2D eigenvalue weighted by atomic mass is 31.2. The minimum atomic E-state index is -4.45. The third-order valence-electron chi connectivity index (χ3n) is 16.2.